The van der Waals surface area contributed by atoms with Crippen LogP contribution in [0.15, 0.2) is 30.3 Å². The molecule has 1 N–H and O–H groups in total. The second-order valence-corrected chi connectivity index (χ2v) is 6.99. The number of carbonyl (C=O) groups excluding carboxylic acids is 3. The van der Waals surface area contributed by atoms with E-state index in [4.69, 9.17) is 9.47 Å². The summed E-state index contributed by atoms with van der Waals surface area (Å²) in [5.74, 6) is -0.993. The van der Waals surface area contributed by atoms with Crippen LogP contribution in [0.1, 0.15) is 25.8 Å². The van der Waals surface area contributed by atoms with Crippen LogP contribution in [0, 0.1) is 5.92 Å². The van der Waals surface area contributed by atoms with Gasteiger partial charge in [0.15, 0.2) is 12.2 Å². The molecule has 2 amide bonds. The molecule has 0 saturated carbocycles. The largest absolute Gasteiger partial charge is 0.459 e. The molecule has 1 aliphatic heterocycles. The van der Waals surface area contributed by atoms with E-state index < -0.39 is 30.1 Å². The number of likely N-dealkylation sites (N-methyl/N-ethyl adjacent to an activating group) is 1. The van der Waals surface area contributed by atoms with Crippen molar-refractivity contribution in [2.24, 2.45) is 5.92 Å². The van der Waals surface area contributed by atoms with Crippen molar-refractivity contribution in [3.05, 3.63) is 35.9 Å². The minimum Gasteiger partial charge on any atom is -0.459 e. The summed E-state index contributed by atoms with van der Waals surface area (Å²) in [5, 5.41) is 2.69. The molecule has 2 rings (SSSR count). The monoisotopic (exact) mass is 362 g/mol. The minimum atomic E-state index is -0.909. The number of amides is 2. The number of esters is 1. The van der Waals surface area contributed by atoms with E-state index in [1.165, 1.54) is 4.90 Å². The number of benzene rings is 1. The third-order valence-corrected chi connectivity index (χ3v) is 3.97. The predicted octanol–water partition coefficient (Wildman–Crippen LogP) is 1.12. The molecule has 7 nitrogen and oxygen atoms in total. The van der Waals surface area contributed by atoms with E-state index in [2.05, 4.69) is 5.32 Å². The Kier molecular flexibility index (Phi) is 6.74. The van der Waals surface area contributed by atoms with Crippen molar-refractivity contribution < 1.29 is 23.9 Å². The first kappa shape index (κ1) is 19.9. The van der Waals surface area contributed by atoms with Gasteiger partial charge in [0, 0.05) is 14.1 Å². The van der Waals surface area contributed by atoms with Gasteiger partial charge in [0.05, 0.1) is 0 Å². The van der Waals surface area contributed by atoms with Crippen molar-refractivity contribution in [2.45, 2.75) is 45.1 Å². The van der Waals surface area contributed by atoms with Gasteiger partial charge in [-0.2, -0.15) is 0 Å². The molecule has 0 bridgehead atoms. The zero-order valence-corrected chi connectivity index (χ0v) is 15.6. The first-order chi connectivity index (χ1) is 12.3. The Morgan fingerprint density at radius 3 is 2.38 bits per heavy atom. The lowest BCUT2D eigenvalue weighted by Gasteiger charge is -2.22. The normalized spacial score (nSPS) is 19.6. The van der Waals surface area contributed by atoms with Crippen LogP contribution < -0.4 is 5.32 Å². The topological polar surface area (TPSA) is 88.2 Å². The van der Waals surface area contributed by atoms with E-state index in [0.717, 1.165) is 5.56 Å². The van der Waals surface area contributed by atoms with Gasteiger partial charge in [0.2, 0.25) is 5.91 Å². The maximum Gasteiger partial charge on any atom is 0.338 e. The summed E-state index contributed by atoms with van der Waals surface area (Å²) in [6.45, 7) is 4.07. The van der Waals surface area contributed by atoms with E-state index in [0.29, 0.717) is 6.42 Å². The van der Waals surface area contributed by atoms with Crippen molar-refractivity contribution >= 4 is 17.8 Å². The molecule has 0 spiro atoms. The number of epoxide rings is 1. The van der Waals surface area contributed by atoms with Crippen LogP contribution in [0.5, 0.6) is 0 Å². The molecule has 1 aliphatic rings. The lowest BCUT2D eigenvalue weighted by molar-refractivity contribution is -0.146. The molecule has 0 aromatic heterocycles. The number of nitrogens with zero attached hydrogens (tertiary/aromatic N) is 1. The Morgan fingerprint density at radius 1 is 1.15 bits per heavy atom. The highest BCUT2D eigenvalue weighted by Crippen LogP contribution is 2.24. The van der Waals surface area contributed by atoms with Gasteiger partial charge in [-0.1, -0.05) is 44.2 Å². The molecule has 0 aliphatic carbocycles. The van der Waals surface area contributed by atoms with Crippen LogP contribution in [0.25, 0.3) is 0 Å². The van der Waals surface area contributed by atoms with Crippen LogP contribution in [-0.4, -0.2) is 55.0 Å². The molecule has 142 valence electrons. The molecule has 1 aromatic rings. The van der Waals surface area contributed by atoms with Crippen molar-refractivity contribution in [1.82, 2.24) is 10.2 Å². The zero-order valence-electron chi connectivity index (χ0n) is 15.6. The fourth-order valence-corrected chi connectivity index (χ4v) is 2.56. The molecule has 0 radical (unpaired) electrons. The predicted molar refractivity (Wildman–Crippen MR) is 95.0 cm³/mol. The Morgan fingerprint density at radius 2 is 1.81 bits per heavy atom. The van der Waals surface area contributed by atoms with E-state index in [-0.39, 0.29) is 18.4 Å². The van der Waals surface area contributed by atoms with Crippen molar-refractivity contribution in [3.8, 4) is 0 Å². The Bertz CT molecular complexity index is 645. The first-order valence-corrected chi connectivity index (χ1v) is 8.67. The number of ether oxygens (including phenoxy) is 2. The molecule has 1 saturated heterocycles. The lowest BCUT2D eigenvalue weighted by Crippen LogP contribution is -2.48. The van der Waals surface area contributed by atoms with Gasteiger partial charge >= 0.3 is 5.97 Å². The minimum absolute atomic E-state index is 0.128. The molecule has 1 fully saturated rings. The van der Waals surface area contributed by atoms with Gasteiger partial charge in [0.1, 0.15) is 12.6 Å². The summed E-state index contributed by atoms with van der Waals surface area (Å²) in [4.78, 5) is 37.9. The standard InChI is InChI=1S/C19H26N2O5/c1-12(2)10-14(18(23)21(3)4)20-17(22)15-16(26-15)19(24)25-11-13-8-6-5-7-9-13/h5-9,12,14-16H,10-11H2,1-4H3,(H,20,22)/t14-,15-,16-/m0/s1. The summed E-state index contributed by atoms with van der Waals surface area (Å²) in [5.41, 5.74) is 0.857. The average Bonchev–Trinajstić information content (AvgIpc) is 3.39. The lowest BCUT2D eigenvalue weighted by atomic mass is 10.0. The van der Waals surface area contributed by atoms with Gasteiger partial charge in [-0.15, -0.1) is 0 Å². The number of hydrogen-bond donors (Lipinski definition) is 1. The fourth-order valence-electron chi connectivity index (χ4n) is 2.56. The van der Waals surface area contributed by atoms with Crippen molar-refractivity contribution in [2.75, 3.05) is 14.1 Å². The number of carbonyl (C=O) groups is 3. The van der Waals surface area contributed by atoms with Crippen LogP contribution in [0.2, 0.25) is 0 Å². The van der Waals surface area contributed by atoms with Gasteiger partial charge in [-0.3, -0.25) is 9.59 Å². The highest BCUT2D eigenvalue weighted by molar-refractivity contribution is 5.95. The van der Waals surface area contributed by atoms with Gasteiger partial charge < -0.3 is 19.7 Å². The smallest absolute Gasteiger partial charge is 0.338 e. The average molecular weight is 362 g/mol. The highest BCUT2D eigenvalue weighted by atomic mass is 16.6. The number of hydrogen-bond acceptors (Lipinski definition) is 5. The van der Waals surface area contributed by atoms with Gasteiger partial charge in [-0.05, 0) is 17.9 Å². The van der Waals surface area contributed by atoms with Crippen LogP contribution in [0.4, 0.5) is 0 Å². The van der Waals surface area contributed by atoms with Gasteiger partial charge in [0.25, 0.3) is 5.91 Å². The fraction of sp³-hybridized carbons (Fsp3) is 0.526. The van der Waals surface area contributed by atoms with E-state index in [1.807, 2.05) is 44.2 Å². The summed E-state index contributed by atoms with van der Waals surface area (Å²) >= 11 is 0. The summed E-state index contributed by atoms with van der Waals surface area (Å²) in [7, 11) is 3.28. The third kappa shape index (κ3) is 5.56. The quantitative estimate of drug-likeness (QED) is 0.553. The molecule has 26 heavy (non-hydrogen) atoms. The maximum absolute atomic E-state index is 12.3. The third-order valence-electron chi connectivity index (χ3n) is 3.97. The van der Waals surface area contributed by atoms with Crippen LogP contribution >= 0.6 is 0 Å². The molecule has 0 unspecified atom stereocenters. The molecular formula is C19H26N2O5. The van der Waals surface area contributed by atoms with Crippen LogP contribution in [-0.2, 0) is 30.5 Å². The molecule has 1 aromatic carbocycles. The zero-order chi connectivity index (χ0) is 19.3. The second-order valence-electron chi connectivity index (χ2n) is 6.99. The summed E-state index contributed by atoms with van der Waals surface area (Å²) < 4.78 is 10.3. The molecule has 7 heteroatoms. The Balaban J connectivity index is 1.84. The molecule has 1 heterocycles. The molecular weight excluding hydrogens is 336 g/mol. The van der Waals surface area contributed by atoms with Gasteiger partial charge in [-0.25, -0.2) is 4.79 Å². The van der Waals surface area contributed by atoms with Crippen molar-refractivity contribution in [3.63, 3.8) is 0 Å². The maximum atomic E-state index is 12.3. The Hall–Kier alpha value is -2.41. The van der Waals surface area contributed by atoms with E-state index in [9.17, 15) is 14.4 Å². The number of nitrogens with one attached hydrogen (secondary N) is 1. The Labute approximate surface area is 153 Å². The highest BCUT2D eigenvalue weighted by Gasteiger charge is 2.52. The first-order valence-electron chi connectivity index (χ1n) is 8.67. The van der Waals surface area contributed by atoms with E-state index in [1.54, 1.807) is 14.1 Å². The summed E-state index contributed by atoms with van der Waals surface area (Å²) in [6.07, 6.45) is -1.30. The summed E-state index contributed by atoms with van der Waals surface area (Å²) in [6, 6.07) is 8.62. The van der Waals surface area contributed by atoms with E-state index >= 15 is 0 Å². The second kappa shape index (κ2) is 8.80. The SMILES string of the molecule is CC(C)C[C@H](NC(=O)[C@H]1O[C@@H]1C(=O)OCc1ccccc1)C(=O)N(C)C. The molecule has 3 atom stereocenters. The van der Waals surface area contributed by atoms with Crippen molar-refractivity contribution in [1.29, 1.82) is 0 Å². The van der Waals surface area contributed by atoms with Crippen LogP contribution in [0.3, 0.4) is 0 Å². The number of rotatable bonds is 8.